The van der Waals surface area contributed by atoms with E-state index in [9.17, 15) is 14.7 Å². The highest BCUT2D eigenvalue weighted by Gasteiger charge is 2.85. The number of fused-ring (bicyclic) bond motifs is 4. The minimum atomic E-state index is -0.870. The van der Waals surface area contributed by atoms with E-state index < -0.39 is 35.8 Å². The first-order valence-electron chi connectivity index (χ1n) is 19.8. The second-order valence-corrected chi connectivity index (χ2v) is 18.9. The van der Waals surface area contributed by atoms with Gasteiger partial charge in [0.25, 0.3) is 0 Å². The van der Waals surface area contributed by atoms with Gasteiger partial charge in [-0.3, -0.25) is 14.5 Å². The molecule has 1 N–H and O–H groups in total. The Morgan fingerprint density at radius 1 is 0.980 bits per heavy atom. The lowest BCUT2D eigenvalue weighted by atomic mass is 9.41. The van der Waals surface area contributed by atoms with Crippen LogP contribution in [-0.2, 0) is 33.3 Å². The van der Waals surface area contributed by atoms with E-state index in [1.807, 2.05) is 0 Å². The molecule has 9 nitrogen and oxygen atoms in total. The van der Waals surface area contributed by atoms with Gasteiger partial charge in [0.1, 0.15) is 6.10 Å². The molecule has 8 rings (SSSR count). The van der Waals surface area contributed by atoms with Crippen molar-refractivity contribution < 1.29 is 38.4 Å². The van der Waals surface area contributed by atoms with Crippen LogP contribution in [0.15, 0.2) is 0 Å². The Hall–Kier alpha value is -1.10. The summed E-state index contributed by atoms with van der Waals surface area (Å²) in [5.41, 5.74) is -0.0803. The van der Waals surface area contributed by atoms with E-state index in [-0.39, 0.29) is 51.7 Å². The number of rotatable bonds is 6. The summed E-state index contributed by atoms with van der Waals surface area (Å²) < 4.78 is 31.2. The summed E-state index contributed by atoms with van der Waals surface area (Å²) in [4.78, 5) is 29.5. The highest BCUT2D eigenvalue weighted by Crippen LogP contribution is 2.89. The standard InChI is InChI=1S/C40H63NO8/c1-23-20-27(33(24(2)42)47-25(3)43)48-34-32(23)37(6)14-15-40-22-39(40)13-10-30(36(4,5)28(39)8-9-29(40)38(37,7)35(34)44)49-31-21-41(16-19-46-31)26-11-17-45-18-12-26/h23-24,26-34,42H,8-22H2,1-7H3/t23-,24?,27-,28+,29+,30+,31+,32?,33-,34+,37-,38-,39-,40+/m1/s1. The Bertz CT molecular complexity index is 1310. The lowest BCUT2D eigenvalue weighted by molar-refractivity contribution is -0.250. The van der Waals surface area contributed by atoms with Gasteiger partial charge >= 0.3 is 5.97 Å². The minimum absolute atomic E-state index is 0.0317. The van der Waals surface area contributed by atoms with Crippen molar-refractivity contribution in [1.29, 1.82) is 0 Å². The van der Waals surface area contributed by atoms with Crippen LogP contribution < -0.4 is 0 Å². The molecule has 0 radical (unpaired) electrons. The topological polar surface area (TPSA) is 104 Å². The maximum atomic E-state index is 15.0. The smallest absolute Gasteiger partial charge is 0.303 e. The Morgan fingerprint density at radius 3 is 2.41 bits per heavy atom. The molecule has 8 aliphatic rings. The number of aliphatic hydroxyl groups is 1. The molecule has 2 unspecified atom stereocenters. The molecule has 0 aromatic carbocycles. The van der Waals surface area contributed by atoms with Gasteiger partial charge in [-0.25, -0.2) is 0 Å². The van der Waals surface area contributed by atoms with Crippen molar-refractivity contribution in [1.82, 2.24) is 4.90 Å². The average molecular weight is 686 g/mol. The Morgan fingerprint density at radius 2 is 1.69 bits per heavy atom. The lowest BCUT2D eigenvalue weighted by Crippen LogP contribution is -2.60. The van der Waals surface area contributed by atoms with Crippen LogP contribution in [0.5, 0.6) is 0 Å². The van der Waals surface area contributed by atoms with Gasteiger partial charge < -0.3 is 28.8 Å². The average Bonchev–Trinajstić information content (AvgIpc) is 3.70. The zero-order valence-electron chi connectivity index (χ0n) is 31.2. The predicted octanol–water partition coefficient (Wildman–Crippen LogP) is 5.54. The number of carbonyl (C=O) groups is 2. The first kappa shape index (κ1) is 35.0. The number of carbonyl (C=O) groups excluding carboxylic acids is 2. The molecule has 0 aromatic rings. The molecule has 2 spiro atoms. The van der Waals surface area contributed by atoms with E-state index in [0.29, 0.717) is 24.3 Å². The van der Waals surface area contributed by atoms with Gasteiger partial charge in [-0.05, 0) is 111 Å². The van der Waals surface area contributed by atoms with Gasteiger partial charge in [0.2, 0.25) is 0 Å². The summed E-state index contributed by atoms with van der Waals surface area (Å²) in [7, 11) is 0. The van der Waals surface area contributed by atoms with E-state index in [2.05, 4.69) is 39.5 Å². The fourth-order valence-corrected chi connectivity index (χ4v) is 14.4. The molecular formula is C40H63NO8. The summed E-state index contributed by atoms with van der Waals surface area (Å²) in [5, 5.41) is 10.6. The third-order valence-corrected chi connectivity index (χ3v) is 16.7. The Kier molecular flexibility index (Phi) is 8.53. The van der Waals surface area contributed by atoms with Crippen LogP contribution in [0.1, 0.15) is 113 Å². The molecule has 0 aromatic heterocycles. The fraction of sp³-hybridized carbons (Fsp3) is 0.950. The molecule has 0 amide bonds. The number of Topliss-reactive ketones (excluding diaryl/α,β-unsaturated/α-hetero) is 1. The highest BCUT2D eigenvalue weighted by atomic mass is 16.7. The molecule has 49 heavy (non-hydrogen) atoms. The van der Waals surface area contributed by atoms with Crippen LogP contribution in [0.3, 0.4) is 0 Å². The Labute approximate surface area is 293 Å². The van der Waals surface area contributed by atoms with Crippen molar-refractivity contribution >= 4 is 11.8 Å². The normalized spacial score (nSPS) is 50.6. The van der Waals surface area contributed by atoms with E-state index in [0.717, 1.165) is 71.4 Å². The van der Waals surface area contributed by atoms with Crippen molar-refractivity contribution in [2.45, 2.75) is 156 Å². The van der Waals surface area contributed by atoms with Gasteiger partial charge in [-0.2, -0.15) is 0 Å². The summed E-state index contributed by atoms with van der Waals surface area (Å²) in [6, 6.07) is 0.571. The maximum absolute atomic E-state index is 15.0. The van der Waals surface area contributed by atoms with Gasteiger partial charge in [0.15, 0.2) is 18.2 Å². The van der Waals surface area contributed by atoms with E-state index in [1.54, 1.807) is 6.92 Å². The maximum Gasteiger partial charge on any atom is 0.303 e. The summed E-state index contributed by atoms with van der Waals surface area (Å²) in [6.45, 7) is 19.2. The fourth-order valence-electron chi connectivity index (χ4n) is 14.4. The van der Waals surface area contributed by atoms with Gasteiger partial charge in [0, 0.05) is 50.6 Å². The molecular weight excluding hydrogens is 622 g/mol. The van der Waals surface area contributed by atoms with Crippen molar-refractivity contribution in [3.05, 3.63) is 0 Å². The van der Waals surface area contributed by atoms with Crippen LogP contribution >= 0.6 is 0 Å². The molecule has 5 saturated carbocycles. The molecule has 14 atom stereocenters. The Balaban J connectivity index is 1.01. The number of aliphatic hydroxyl groups excluding tert-OH is 1. The van der Waals surface area contributed by atoms with Crippen LogP contribution in [0.25, 0.3) is 0 Å². The van der Waals surface area contributed by atoms with Gasteiger partial charge in [-0.15, -0.1) is 0 Å². The van der Waals surface area contributed by atoms with E-state index >= 15 is 0 Å². The zero-order chi connectivity index (χ0) is 34.7. The third-order valence-electron chi connectivity index (χ3n) is 16.7. The lowest BCUT2D eigenvalue weighted by Gasteiger charge is -2.62. The molecule has 9 heteroatoms. The highest BCUT2D eigenvalue weighted by molar-refractivity contribution is 5.93. The van der Waals surface area contributed by atoms with E-state index in [4.69, 9.17) is 23.7 Å². The molecule has 8 fully saturated rings. The predicted molar refractivity (Wildman–Crippen MR) is 182 cm³/mol. The van der Waals surface area contributed by atoms with Gasteiger partial charge in [0.05, 0.1) is 24.9 Å². The van der Waals surface area contributed by atoms with E-state index in [1.165, 1.54) is 26.2 Å². The molecule has 3 saturated heterocycles. The molecule has 0 bridgehead atoms. The number of esters is 1. The largest absolute Gasteiger partial charge is 0.457 e. The number of ketones is 1. The number of hydrogen-bond acceptors (Lipinski definition) is 9. The van der Waals surface area contributed by atoms with Crippen molar-refractivity contribution in [2.75, 3.05) is 32.9 Å². The summed E-state index contributed by atoms with van der Waals surface area (Å²) in [6.07, 6.45) is 8.19. The second-order valence-electron chi connectivity index (χ2n) is 18.9. The van der Waals surface area contributed by atoms with Crippen molar-refractivity contribution in [3.8, 4) is 0 Å². The second kappa shape index (κ2) is 12.0. The zero-order valence-corrected chi connectivity index (χ0v) is 31.2. The first-order valence-corrected chi connectivity index (χ1v) is 19.8. The van der Waals surface area contributed by atoms with Crippen LogP contribution in [0.2, 0.25) is 0 Å². The summed E-state index contributed by atoms with van der Waals surface area (Å²) in [5.74, 6) is 1.13. The SMILES string of the molecule is CC(=O)O[C@H](C(C)O)[C@H]1C[C@@H](C)C2[C@H](O1)C(=O)[C@@]1(C)[C@@H]3CC[C@H]4C(C)(C)[C@@H](O[C@H]5CN(C6CCOCC6)CCO5)CC[C@@]45C[C@@]35CC[C@]21C. The monoisotopic (exact) mass is 685 g/mol. The number of hydrogen-bond donors (Lipinski definition) is 1. The number of morpholine rings is 1. The van der Waals surface area contributed by atoms with Crippen LogP contribution in [0.4, 0.5) is 0 Å². The van der Waals surface area contributed by atoms with Crippen LogP contribution in [0, 0.1) is 50.7 Å². The minimum Gasteiger partial charge on any atom is -0.457 e. The number of ether oxygens (including phenoxy) is 5. The summed E-state index contributed by atoms with van der Waals surface area (Å²) >= 11 is 0. The third kappa shape index (κ3) is 4.90. The van der Waals surface area contributed by atoms with Crippen LogP contribution in [-0.4, -0.2) is 97.5 Å². The number of nitrogens with zero attached hydrogens (tertiary/aromatic N) is 1. The molecule has 276 valence electrons. The first-order chi connectivity index (χ1) is 23.2. The molecule has 3 aliphatic heterocycles. The molecule has 3 heterocycles. The molecule has 5 aliphatic carbocycles. The van der Waals surface area contributed by atoms with Gasteiger partial charge in [-0.1, -0.05) is 34.6 Å². The van der Waals surface area contributed by atoms with Crippen molar-refractivity contribution in [2.24, 2.45) is 50.7 Å². The quantitative estimate of drug-likeness (QED) is 0.361. The van der Waals surface area contributed by atoms with Crippen molar-refractivity contribution in [3.63, 3.8) is 0 Å².